The molecule has 2 aromatic heterocycles. The van der Waals surface area contributed by atoms with Crippen LogP contribution in [0.25, 0.3) is 5.57 Å². The summed E-state index contributed by atoms with van der Waals surface area (Å²) in [5, 5.41) is 10.4. The second kappa shape index (κ2) is 6.55. The Morgan fingerprint density at radius 3 is 2.78 bits per heavy atom. The molecule has 0 amide bonds. The van der Waals surface area contributed by atoms with Gasteiger partial charge >= 0.3 is 5.97 Å². The van der Waals surface area contributed by atoms with Crippen LogP contribution in [0.15, 0.2) is 50.8 Å². The Hall–Kier alpha value is -2.12. The normalized spacial score (nSPS) is 14.3. The molecule has 0 aromatic carbocycles. The van der Waals surface area contributed by atoms with Gasteiger partial charge in [0, 0.05) is 18.2 Å². The molecule has 1 aliphatic rings. The highest BCUT2D eigenvalue weighted by atomic mass is 35.5. The van der Waals surface area contributed by atoms with Crippen molar-refractivity contribution in [3.05, 3.63) is 52.9 Å². The van der Waals surface area contributed by atoms with Crippen molar-refractivity contribution >= 4 is 34.9 Å². The third-order valence-corrected chi connectivity index (χ3v) is 4.21. The van der Waals surface area contributed by atoms with Crippen LogP contribution in [0.5, 0.6) is 0 Å². The van der Waals surface area contributed by atoms with Gasteiger partial charge in [0.1, 0.15) is 10.9 Å². The van der Waals surface area contributed by atoms with Crippen LogP contribution >= 0.6 is 23.4 Å². The number of nitrogens with zero attached hydrogens (tertiary/aromatic N) is 2. The van der Waals surface area contributed by atoms with E-state index < -0.39 is 5.97 Å². The molecule has 2 heterocycles. The minimum atomic E-state index is -1.20. The Morgan fingerprint density at radius 2 is 2.17 bits per heavy atom. The van der Waals surface area contributed by atoms with Gasteiger partial charge in [-0.2, -0.15) is 0 Å². The zero-order valence-corrected chi connectivity index (χ0v) is 13.2. The van der Waals surface area contributed by atoms with Gasteiger partial charge < -0.3 is 9.52 Å². The van der Waals surface area contributed by atoms with E-state index in [1.807, 2.05) is 0 Å². The third kappa shape index (κ3) is 3.62. The number of carboxylic acids is 1. The SMILES string of the molecule is O=C(O)c1nc(C2=CC=C(F)CC2)oc1Sc1ccc(Cl)cn1. The fourth-order valence-corrected chi connectivity index (χ4v) is 2.85. The predicted octanol–water partition coefficient (Wildman–Crippen LogP) is 4.60. The number of carbonyl (C=O) groups is 1. The summed E-state index contributed by atoms with van der Waals surface area (Å²) < 4.78 is 18.6. The molecule has 3 rings (SSSR count). The van der Waals surface area contributed by atoms with Gasteiger partial charge in [-0.05, 0) is 36.4 Å². The number of hydrogen-bond donors (Lipinski definition) is 1. The lowest BCUT2D eigenvalue weighted by Gasteiger charge is -2.05. The maximum Gasteiger partial charge on any atom is 0.359 e. The Kier molecular flexibility index (Phi) is 4.49. The monoisotopic (exact) mass is 352 g/mol. The summed E-state index contributed by atoms with van der Waals surface area (Å²) in [5.74, 6) is -1.24. The molecule has 0 fully saturated rings. The minimum Gasteiger partial charge on any atom is -0.476 e. The summed E-state index contributed by atoms with van der Waals surface area (Å²) in [7, 11) is 0. The number of allylic oxidation sites excluding steroid dienone is 4. The second-order valence-electron chi connectivity index (χ2n) is 4.68. The van der Waals surface area contributed by atoms with E-state index in [0.717, 1.165) is 11.8 Å². The Bertz CT molecular complexity index is 815. The van der Waals surface area contributed by atoms with Gasteiger partial charge in [-0.1, -0.05) is 17.7 Å². The van der Waals surface area contributed by atoms with E-state index in [0.29, 0.717) is 22.0 Å². The Labute approximate surface area is 139 Å². The van der Waals surface area contributed by atoms with Gasteiger partial charge in [0.15, 0.2) is 0 Å². The molecule has 1 N–H and O–H groups in total. The largest absolute Gasteiger partial charge is 0.476 e. The van der Waals surface area contributed by atoms with E-state index in [4.69, 9.17) is 16.0 Å². The van der Waals surface area contributed by atoms with Gasteiger partial charge in [0.2, 0.25) is 16.7 Å². The number of hydrogen-bond acceptors (Lipinski definition) is 5. The molecule has 0 spiro atoms. The van der Waals surface area contributed by atoms with Crippen LogP contribution in [-0.4, -0.2) is 21.0 Å². The van der Waals surface area contributed by atoms with Crippen molar-refractivity contribution in [2.75, 3.05) is 0 Å². The van der Waals surface area contributed by atoms with Gasteiger partial charge in [-0.25, -0.2) is 19.2 Å². The average Bonchev–Trinajstić information content (AvgIpc) is 2.94. The summed E-state index contributed by atoms with van der Waals surface area (Å²) in [4.78, 5) is 19.4. The standard InChI is InChI=1S/C15H10ClFN2O3S/c16-9-3-6-11(18-7-9)23-15-12(14(20)21)19-13(22-15)8-1-4-10(17)5-2-8/h1,3-4,6-7H,2,5H2,(H,20,21). The molecule has 118 valence electrons. The maximum atomic E-state index is 13.1. The molecule has 1 aliphatic carbocycles. The number of rotatable bonds is 4. The summed E-state index contributed by atoms with van der Waals surface area (Å²) in [6, 6.07) is 3.30. The van der Waals surface area contributed by atoms with Crippen LogP contribution in [0.4, 0.5) is 4.39 Å². The minimum absolute atomic E-state index is 0.123. The van der Waals surface area contributed by atoms with Crippen molar-refractivity contribution in [2.24, 2.45) is 0 Å². The number of halogens is 2. The van der Waals surface area contributed by atoms with Crippen molar-refractivity contribution in [3.8, 4) is 0 Å². The van der Waals surface area contributed by atoms with Crippen LogP contribution in [0.2, 0.25) is 5.02 Å². The first-order chi connectivity index (χ1) is 11.0. The van der Waals surface area contributed by atoms with Crippen LogP contribution in [0, 0.1) is 0 Å². The van der Waals surface area contributed by atoms with Crippen molar-refractivity contribution < 1.29 is 18.7 Å². The second-order valence-corrected chi connectivity index (χ2v) is 6.11. The quantitative estimate of drug-likeness (QED) is 0.866. The van der Waals surface area contributed by atoms with Crippen molar-refractivity contribution in [1.82, 2.24) is 9.97 Å². The van der Waals surface area contributed by atoms with Crippen molar-refractivity contribution in [1.29, 1.82) is 0 Å². The fourth-order valence-electron chi connectivity index (χ4n) is 1.96. The zero-order chi connectivity index (χ0) is 16.4. The maximum absolute atomic E-state index is 13.1. The molecule has 0 unspecified atom stereocenters. The number of carboxylic acid groups (broad SMARTS) is 1. The highest BCUT2D eigenvalue weighted by molar-refractivity contribution is 7.99. The molecule has 2 aromatic rings. The number of oxazole rings is 1. The lowest BCUT2D eigenvalue weighted by Crippen LogP contribution is -1.99. The molecule has 23 heavy (non-hydrogen) atoms. The summed E-state index contributed by atoms with van der Waals surface area (Å²) in [5.41, 5.74) is 0.461. The molecule has 5 nitrogen and oxygen atoms in total. The summed E-state index contributed by atoms with van der Waals surface area (Å²) in [6.45, 7) is 0. The zero-order valence-electron chi connectivity index (χ0n) is 11.6. The van der Waals surface area contributed by atoms with E-state index in [-0.39, 0.29) is 28.9 Å². The van der Waals surface area contributed by atoms with Crippen LogP contribution < -0.4 is 0 Å². The topological polar surface area (TPSA) is 76.2 Å². The lowest BCUT2D eigenvalue weighted by molar-refractivity contribution is 0.0685. The van der Waals surface area contributed by atoms with Gasteiger partial charge in [0.05, 0.1) is 5.02 Å². The molecular weight excluding hydrogens is 343 g/mol. The molecule has 0 bridgehead atoms. The summed E-state index contributed by atoms with van der Waals surface area (Å²) >= 11 is 6.81. The fraction of sp³-hybridized carbons (Fsp3) is 0.133. The van der Waals surface area contributed by atoms with E-state index in [1.165, 1.54) is 12.3 Å². The third-order valence-electron chi connectivity index (χ3n) is 3.07. The Balaban J connectivity index is 1.93. The predicted molar refractivity (Wildman–Crippen MR) is 83.2 cm³/mol. The molecule has 0 aliphatic heterocycles. The summed E-state index contributed by atoms with van der Waals surface area (Å²) in [6.07, 6.45) is 4.99. The highest BCUT2D eigenvalue weighted by Crippen LogP contribution is 2.34. The first-order valence-corrected chi connectivity index (χ1v) is 7.81. The van der Waals surface area contributed by atoms with E-state index in [9.17, 15) is 14.3 Å². The van der Waals surface area contributed by atoms with E-state index in [1.54, 1.807) is 18.2 Å². The molecule has 8 heteroatoms. The number of pyridine rings is 1. The van der Waals surface area contributed by atoms with Gasteiger partial charge in [0.25, 0.3) is 0 Å². The molecular formula is C15H10ClFN2O3S. The first-order valence-electron chi connectivity index (χ1n) is 6.62. The molecule has 0 saturated heterocycles. The molecule has 0 radical (unpaired) electrons. The van der Waals surface area contributed by atoms with Crippen LogP contribution in [0.3, 0.4) is 0 Å². The van der Waals surface area contributed by atoms with Gasteiger partial charge in [-0.15, -0.1) is 0 Å². The van der Waals surface area contributed by atoms with Crippen LogP contribution in [0.1, 0.15) is 29.2 Å². The van der Waals surface area contributed by atoms with Crippen molar-refractivity contribution in [3.63, 3.8) is 0 Å². The smallest absolute Gasteiger partial charge is 0.359 e. The molecule has 0 atom stereocenters. The average molecular weight is 353 g/mol. The van der Waals surface area contributed by atoms with Gasteiger partial charge in [-0.3, -0.25) is 0 Å². The number of aromatic carboxylic acids is 1. The highest BCUT2D eigenvalue weighted by Gasteiger charge is 2.23. The molecule has 0 saturated carbocycles. The first kappa shape index (κ1) is 15.8. The van der Waals surface area contributed by atoms with E-state index >= 15 is 0 Å². The van der Waals surface area contributed by atoms with E-state index in [2.05, 4.69) is 9.97 Å². The van der Waals surface area contributed by atoms with Crippen LogP contribution in [-0.2, 0) is 0 Å². The van der Waals surface area contributed by atoms with Crippen molar-refractivity contribution in [2.45, 2.75) is 23.0 Å². The number of aromatic nitrogens is 2. The Morgan fingerprint density at radius 1 is 1.35 bits per heavy atom. The lowest BCUT2D eigenvalue weighted by atomic mass is 10.0.